The summed E-state index contributed by atoms with van der Waals surface area (Å²) in [5, 5.41) is 12.0. The lowest BCUT2D eigenvalue weighted by Crippen LogP contribution is -2.36. The Bertz CT molecular complexity index is 359. The van der Waals surface area contributed by atoms with Gasteiger partial charge in [0.1, 0.15) is 6.04 Å². The Morgan fingerprint density at radius 1 is 1.29 bits per heavy atom. The highest BCUT2D eigenvalue weighted by atomic mass is 16.4. The SMILES string of the molecule is CCc1ccc(C(CC)NC(C)C(=O)O)cc1. The van der Waals surface area contributed by atoms with E-state index >= 15 is 0 Å². The summed E-state index contributed by atoms with van der Waals surface area (Å²) in [5.41, 5.74) is 2.45. The Hall–Kier alpha value is -1.35. The van der Waals surface area contributed by atoms with Crippen LogP contribution in [-0.4, -0.2) is 17.1 Å². The predicted octanol–water partition coefficient (Wildman–Crippen LogP) is 2.76. The van der Waals surface area contributed by atoms with Gasteiger partial charge in [-0.3, -0.25) is 10.1 Å². The molecule has 0 saturated heterocycles. The van der Waals surface area contributed by atoms with Gasteiger partial charge in [0.05, 0.1) is 0 Å². The third-order valence-electron chi connectivity index (χ3n) is 3.02. The summed E-state index contributed by atoms with van der Waals surface area (Å²) in [6.07, 6.45) is 1.90. The van der Waals surface area contributed by atoms with E-state index in [-0.39, 0.29) is 6.04 Å². The molecule has 1 aromatic carbocycles. The van der Waals surface area contributed by atoms with Gasteiger partial charge in [-0.05, 0) is 30.9 Å². The molecule has 0 aromatic heterocycles. The zero-order valence-electron chi connectivity index (χ0n) is 10.7. The first kappa shape index (κ1) is 13.7. The Morgan fingerprint density at radius 2 is 1.88 bits per heavy atom. The first-order valence-electron chi connectivity index (χ1n) is 6.16. The highest BCUT2D eigenvalue weighted by Gasteiger charge is 2.16. The molecule has 17 heavy (non-hydrogen) atoms. The lowest BCUT2D eigenvalue weighted by molar-refractivity contribution is -0.139. The second kappa shape index (κ2) is 6.40. The molecule has 1 aromatic rings. The van der Waals surface area contributed by atoms with Crippen LogP contribution in [0.1, 0.15) is 44.4 Å². The van der Waals surface area contributed by atoms with Gasteiger partial charge in [0.25, 0.3) is 0 Å². The number of benzene rings is 1. The number of rotatable bonds is 6. The summed E-state index contributed by atoms with van der Waals surface area (Å²) < 4.78 is 0. The standard InChI is InChI=1S/C14H21NO2/c1-4-11-6-8-12(9-7-11)13(5-2)15-10(3)14(16)17/h6-10,13,15H,4-5H2,1-3H3,(H,16,17). The molecule has 0 radical (unpaired) electrons. The van der Waals surface area contributed by atoms with Gasteiger partial charge in [-0.1, -0.05) is 38.1 Å². The van der Waals surface area contributed by atoms with Crippen LogP contribution < -0.4 is 5.32 Å². The van der Waals surface area contributed by atoms with Crippen molar-refractivity contribution in [2.24, 2.45) is 0 Å². The Kier molecular flexibility index (Phi) is 5.16. The molecule has 0 aliphatic carbocycles. The molecule has 0 amide bonds. The van der Waals surface area contributed by atoms with Crippen molar-refractivity contribution in [3.63, 3.8) is 0 Å². The lowest BCUT2D eigenvalue weighted by atomic mass is 10.0. The maximum atomic E-state index is 10.8. The zero-order valence-corrected chi connectivity index (χ0v) is 10.7. The fourth-order valence-corrected chi connectivity index (χ4v) is 1.81. The molecule has 3 heteroatoms. The van der Waals surface area contributed by atoms with Crippen LogP contribution in [0.5, 0.6) is 0 Å². The van der Waals surface area contributed by atoms with Gasteiger partial charge in [0, 0.05) is 6.04 Å². The second-order valence-electron chi connectivity index (χ2n) is 4.28. The van der Waals surface area contributed by atoms with Gasteiger partial charge in [0.2, 0.25) is 0 Å². The van der Waals surface area contributed by atoms with Crippen molar-refractivity contribution in [3.05, 3.63) is 35.4 Å². The number of hydrogen-bond acceptors (Lipinski definition) is 2. The molecule has 0 heterocycles. The van der Waals surface area contributed by atoms with Gasteiger partial charge in [-0.25, -0.2) is 0 Å². The monoisotopic (exact) mass is 235 g/mol. The van der Waals surface area contributed by atoms with E-state index in [0.717, 1.165) is 18.4 Å². The van der Waals surface area contributed by atoms with Crippen LogP contribution in [0.25, 0.3) is 0 Å². The maximum Gasteiger partial charge on any atom is 0.320 e. The lowest BCUT2D eigenvalue weighted by Gasteiger charge is -2.20. The van der Waals surface area contributed by atoms with E-state index in [1.807, 2.05) is 0 Å². The number of aliphatic carboxylic acids is 1. The fraction of sp³-hybridized carbons (Fsp3) is 0.500. The van der Waals surface area contributed by atoms with Crippen LogP contribution in [0, 0.1) is 0 Å². The number of aryl methyl sites for hydroxylation is 1. The van der Waals surface area contributed by atoms with Gasteiger partial charge in [0.15, 0.2) is 0 Å². The minimum absolute atomic E-state index is 0.104. The van der Waals surface area contributed by atoms with Gasteiger partial charge >= 0.3 is 5.97 Å². The number of carboxylic acids is 1. The van der Waals surface area contributed by atoms with Crippen molar-refractivity contribution in [1.82, 2.24) is 5.32 Å². The largest absolute Gasteiger partial charge is 0.480 e. The van der Waals surface area contributed by atoms with Crippen LogP contribution in [0.3, 0.4) is 0 Å². The molecule has 0 spiro atoms. The molecule has 0 bridgehead atoms. The van der Waals surface area contributed by atoms with Crippen molar-refractivity contribution in [2.75, 3.05) is 0 Å². The molecule has 0 aliphatic rings. The summed E-state index contributed by atoms with van der Waals surface area (Å²) in [6.45, 7) is 5.85. The van der Waals surface area contributed by atoms with Crippen molar-refractivity contribution in [3.8, 4) is 0 Å². The van der Waals surface area contributed by atoms with Crippen LogP contribution in [0.4, 0.5) is 0 Å². The highest BCUT2D eigenvalue weighted by Crippen LogP contribution is 2.18. The molecule has 2 N–H and O–H groups in total. The molecule has 0 fully saturated rings. The summed E-state index contributed by atoms with van der Waals surface area (Å²) in [5.74, 6) is -0.811. The van der Waals surface area contributed by atoms with E-state index in [9.17, 15) is 4.79 Å². The molecule has 1 rings (SSSR count). The van der Waals surface area contributed by atoms with E-state index in [1.165, 1.54) is 5.56 Å². The third kappa shape index (κ3) is 3.86. The van der Waals surface area contributed by atoms with Crippen LogP contribution in [0.15, 0.2) is 24.3 Å². The van der Waals surface area contributed by atoms with E-state index in [2.05, 4.69) is 43.4 Å². The zero-order chi connectivity index (χ0) is 12.8. The Morgan fingerprint density at radius 3 is 2.29 bits per heavy atom. The van der Waals surface area contributed by atoms with Gasteiger partial charge in [-0.2, -0.15) is 0 Å². The second-order valence-corrected chi connectivity index (χ2v) is 4.28. The fourth-order valence-electron chi connectivity index (χ4n) is 1.81. The molecule has 3 nitrogen and oxygen atoms in total. The third-order valence-corrected chi connectivity index (χ3v) is 3.02. The minimum atomic E-state index is -0.811. The summed E-state index contributed by atoms with van der Waals surface area (Å²) in [4.78, 5) is 10.8. The highest BCUT2D eigenvalue weighted by molar-refractivity contribution is 5.72. The van der Waals surface area contributed by atoms with Gasteiger partial charge < -0.3 is 5.11 Å². The van der Waals surface area contributed by atoms with Crippen LogP contribution in [0.2, 0.25) is 0 Å². The number of carboxylic acid groups (broad SMARTS) is 1. The van der Waals surface area contributed by atoms with E-state index in [0.29, 0.717) is 0 Å². The topological polar surface area (TPSA) is 49.3 Å². The molecular formula is C14H21NO2. The average molecular weight is 235 g/mol. The summed E-state index contributed by atoms with van der Waals surface area (Å²) in [6, 6.07) is 7.94. The van der Waals surface area contributed by atoms with E-state index in [4.69, 9.17) is 5.11 Å². The minimum Gasteiger partial charge on any atom is -0.480 e. The molecule has 0 aliphatic heterocycles. The van der Waals surface area contributed by atoms with Crippen LogP contribution in [-0.2, 0) is 11.2 Å². The summed E-state index contributed by atoms with van der Waals surface area (Å²) >= 11 is 0. The first-order chi connectivity index (χ1) is 8.08. The molecular weight excluding hydrogens is 214 g/mol. The molecule has 2 unspecified atom stereocenters. The number of nitrogens with one attached hydrogen (secondary N) is 1. The first-order valence-corrected chi connectivity index (χ1v) is 6.16. The molecule has 0 saturated carbocycles. The summed E-state index contributed by atoms with van der Waals surface area (Å²) in [7, 11) is 0. The maximum absolute atomic E-state index is 10.8. The Balaban J connectivity index is 2.75. The van der Waals surface area contributed by atoms with Crippen molar-refractivity contribution < 1.29 is 9.90 Å². The van der Waals surface area contributed by atoms with Crippen molar-refractivity contribution >= 4 is 5.97 Å². The molecule has 2 atom stereocenters. The van der Waals surface area contributed by atoms with E-state index in [1.54, 1.807) is 6.92 Å². The molecule has 94 valence electrons. The van der Waals surface area contributed by atoms with Crippen molar-refractivity contribution in [1.29, 1.82) is 0 Å². The average Bonchev–Trinajstić information content (AvgIpc) is 2.35. The predicted molar refractivity (Wildman–Crippen MR) is 69.1 cm³/mol. The van der Waals surface area contributed by atoms with Gasteiger partial charge in [-0.15, -0.1) is 0 Å². The Labute approximate surface area is 103 Å². The number of carbonyl (C=O) groups is 1. The van der Waals surface area contributed by atoms with Crippen molar-refractivity contribution in [2.45, 2.75) is 45.7 Å². The smallest absolute Gasteiger partial charge is 0.320 e. The normalized spacial score (nSPS) is 14.3. The van der Waals surface area contributed by atoms with Crippen LogP contribution >= 0.6 is 0 Å². The van der Waals surface area contributed by atoms with E-state index < -0.39 is 12.0 Å². The quantitative estimate of drug-likeness (QED) is 0.797. The number of hydrogen-bond donors (Lipinski definition) is 2.